The molecule has 0 aromatic heterocycles. The van der Waals surface area contributed by atoms with Crippen LogP contribution in [0, 0.1) is 5.82 Å². The molecule has 2 aromatic carbocycles. The number of nitrogens with one attached hydrogen (secondary N) is 1. The largest absolute Gasteiger partial charge is 0.381 e. The summed E-state index contributed by atoms with van der Waals surface area (Å²) in [7, 11) is 4.09. The first-order valence-electron chi connectivity index (χ1n) is 6.46. The Morgan fingerprint density at radius 1 is 1.10 bits per heavy atom. The van der Waals surface area contributed by atoms with Crippen molar-refractivity contribution in [1.82, 2.24) is 4.90 Å². The van der Waals surface area contributed by atoms with Crippen molar-refractivity contribution >= 4 is 17.3 Å². The van der Waals surface area contributed by atoms with Gasteiger partial charge in [-0.1, -0.05) is 29.8 Å². The Labute approximate surface area is 124 Å². The van der Waals surface area contributed by atoms with Crippen LogP contribution in [0.15, 0.2) is 42.5 Å². The molecule has 2 aromatic rings. The Balaban J connectivity index is 1.96. The second-order valence-electron chi connectivity index (χ2n) is 5.02. The molecule has 0 aliphatic heterocycles. The summed E-state index contributed by atoms with van der Waals surface area (Å²) in [5.74, 6) is -0.313. The molecule has 0 aliphatic rings. The highest BCUT2D eigenvalue weighted by Crippen LogP contribution is 2.19. The quantitative estimate of drug-likeness (QED) is 0.890. The van der Waals surface area contributed by atoms with Crippen LogP contribution < -0.4 is 5.32 Å². The minimum absolute atomic E-state index is 0.313. The van der Waals surface area contributed by atoms with E-state index in [4.69, 9.17) is 11.6 Å². The SMILES string of the molecule is CN(C)Cc1ccc(NCc2ccc(F)cc2Cl)cc1. The predicted molar refractivity (Wildman–Crippen MR) is 82.6 cm³/mol. The van der Waals surface area contributed by atoms with Crippen LogP contribution in [0.4, 0.5) is 10.1 Å². The molecule has 0 amide bonds. The topological polar surface area (TPSA) is 15.3 Å². The maximum atomic E-state index is 13.0. The van der Waals surface area contributed by atoms with E-state index in [1.165, 1.54) is 17.7 Å². The molecule has 0 radical (unpaired) electrons. The predicted octanol–water partition coefficient (Wildman–Crippen LogP) is 4.15. The van der Waals surface area contributed by atoms with Crippen molar-refractivity contribution in [2.45, 2.75) is 13.1 Å². The van der Waals surface area contributed by atoms with Gasteiger partial charge in [-0.3, -0.25) is 0 Å². The Morgan fingerprint density at radius 2 is 1.80 bits per heavy atom. The van der Waals surface area contributed by atoms with Gasteiger partial charge < -0.3 is 10.2 Å². The molecule has 2 rings (SSSR count). The van der Waals surface area contributed by atoms with Crippen molar-refractivity contribution in [3.05, 3.63) is 64.4 Å². The number of nitrogens with zero attached hydrogens (tertiary/aromatic N) is 1. The molecule has 0 aliphatic carbocycles. The van der Waals surface area contributed by atoms with Gasteiger partial charge in [-0.15, -0.1) is 0 Å². The van der Waals surface area contributed by atoms with Crippen molar-refractivity contribution in [2.75, 3.05) is 19.4 Å². The summed E-state index contributed by atoms with van der Waals surface area (Å²) in [5.41, 5.74) is 3.17. The number of hydrogen-bond donors (Lipinski definition) is 1. The molecule has 0 spiro atoms. The molecule has 0 heterocycles. The van der Waals surface area contributed by atoms with E-state index in [-0.39, 0.29) is 5.82 Å². The van der Waals surface area contributed by atoms with Crippen LogP contribution in [-0.2, 0) is 13.1 Å². The smallest absolute Gasteiger partial charge is 0.124 e. The third-order valence-corrected chi connectivity index (χ3v) is 3.30. The Bertz CT molecular complexity index is 567. The van der Waals surface area contributed by atoms with Gasteiger partial charge in [-0.25, -0.2) is 4.39 Å². The summed E-state index contributed by atoms with van der Waals surface area (Å²) in [6, 6.07) is 12.7. The molecule has 0 bridgehead atoms. The van der Waals surface area contributed by atoms with Gasteiger partial charge in [0.2, 0.25) is 0 Å². The zero-order chi connectivity index (χ0) is 14.5. The van der Waals surface area contributed by atoms with Gasteiger partial charge >= 0.3 is 0 Å². The number of benzene rings is 2. The third-order valence-electron chi connectivity index (χ3n) is 2.95. The van der Waals surface area contributed by atoms with Gasteiger partial charge in [0, 0.05) is 23.8 Å². The summed E-state index contributed by atoms with van der Waals surface area (Å²) in [4.78, 5) is 2.13. The van der Waals surface area contributed by atoms with Gasteiger partial charge in [0.15, 0.2) is 0 Å². The van der Waals surface area contributed by atoms with E-state index in [0.717, 1.165) is 17.8 Å². The lowest BCUT2D eigenvalue weighted by Gasteiger charge is -2.11. The van der Waals surface area contributed by atoms with Crippen molar-refractivity contribution in [2.24, 2.45) is 0 Å². The fourth-order valence-corrected chi connectivity index (χ4v) is 2.19. The maximum Gasteiger partial charge on any atom is 0.124 e. The highest BCUT2D eigenvalue weighted by atomic mass is 35.5. The van der Waals surface area contributed by atoms with Crippen molar-refractivity contribution in [1.29, 1.82) is 0 Å². The lowest BCUT2D eigenvalue weighted by molar-refractivity contribution is 0.402. The molecule has 1 N–H and O–H groups in total. The van der Waals surface area contributed by atoms with E-state index in [1.54, 1.807) is 6.07 Å². The van der Waals surface area contributed by atoms with E-state index in [9.17, 15) is 4.39 Å². The van der Waals surface area contributed by atoms with Crippen LogP contribution in [0.2, 0.25) is 5.02 Å². The number of rotatable bonds is 5. The zero-order valence-corrected chi connectivity index (χ0v) is 12.4. The van der Waals surface area contributed by atoms with Crippen LogP contribution in [0.3, 0.4) is 0 Å². The molecular formula is C16H18ClFN2. The summed E-state index contributed by atoms with van der Waals surface area (Å²) < 4.78 is 13.0. The van der Waals surface area contributed by atoms with Crippen LogP contribution in [0.5, 0.6) is 0 Å². The van der Waals surface area contributed by atoms with E-state index < -0.39 is 0 Å². The fourth-order valence-electron chi connectivity index (χ4n) is 1.96. The zero-order valence-electron chi connectivity index (χ0n) is 11.7. The van der Waals surface area contributed by atoms with Crippen molar-refractivity contribution in [3.63, 3.8) is 0 Å². The molecule has 0 unspecified atom stereocenters. The number of anilines is 1. The molecule has 0 saturated carbocycles. The Hall–Kier alpha value is -1.58. The molecular weight excluding hydrogens is 275 g/mol. The summed E-state index contributed by atoms with van der Waals surface area (Å²) in [6.45, 7) is 1.50. The average Bonchev–Trinajstić information content (AvgIpc) is 2.39. The van der Waals surface area contributed by atoms with Crippen LogP contribution in [-0.4, -0.2) is 19.0 Å². The molecule has 20 heavy (non-hydrogen) atoms. The third kappa shape index (κ3) is 4.22. The van der Waals surface area contributed by atoms with Crippen LogP contribution in [0.25, 0.3) is 0 Å². The molecule has 0 fully saturated rings. The van der Waals surface area contributed by atoms with E-state index in [2.05, 4.69) is 22.3 Å². The summed E-state index contributed by atoms with van der Waals surface area (Å²) in [5, 5.41) is 3.73. The maximum absolute atomic E-state index is 13.0. The minimum atomic E-state index is -0.313. The lowest BCUT2D eigenvalue weighted by Crippen LogP contribution is -2.10. The Morgan fingerprint density at radius 3 is 2.40 bits per heavy atom. The minimum Gasteiger partial charge on any atom is -0.381 e. The van der Waals surface area contributed by atoms with E-state index in [0.29, 0.717) is 11.6 Å². The van der Waals surface area contributed by atoms with Gasteiger partial charge in [-0.05, 0) is 49.5 Å². The number of hydrogen-bond acceptors (Lipinski definition) is 2. The first kappa shape index (κ1) is 14.8. The highest BCUT2D eigenvalue weighted by Gasteiger charge is 2.02. The summed E-state index contributed by atoms with van der Waals surface area (Å²) in [6.07, 6.45) is 0. The second kappa shape index (κ2) is 6.73. The van der Waals surface area contributed by atoms with Crippen molar-refractivity contribution in [3.8, 4) is 0 Å². The van der Waals surface area contributed by atoms with Crippen LogP contribution >= 0.6 is 11.6 Å². The average molecular weight is 293 g/mol. The molecule has 2 nitrogen and oxygen atoms in total. The van der Waals surface area contributed by atoms with Crippen LogP contribution in [0.1, 0.15) is 11.1 Å². The standard InChI is InChI=1S/C16H18ClFN2/c1-20(2)11-12-3-7-15(8-4-12)19-10-13-5-6-14(18)9-16(13)17/h3-9,19H,10-11H2,1-2H3. The molecule has 0 saturated heterocycles. The number of halogens is 2. The monoisotopic (exact) mass is 292 g/mol. The van der Waals surface area contributed by atoms with E-state index in [1.807, 2.05) is 26.2 Å². The normalized spacial score (nSPS) is 10.8. The molecule has 4 heteroatoms. The van der Waals surface area contributed by atoms with Gasteiger partial charge in [0.05, 0.1) is 0 Å². The van der Waals surface area contributed by atoms with E-state index >= 15 is 0 Å². The first-order valence-corrected chi connectivity index (χ1v) is 6.84. The highest BCUT2D eigenvalue weighted by molar-refractivity contribution is 6.31. The van der Waals surface area contributed by atoms with Gasteiger partial charge in [-0.2, -0.15) is 0 Å². The lowest BCUT2D eigenvalue weighted by atomic mass is 10.2. The van der Waals surface area contributed by atoms with Gasteiger partial charge in [0.25, 0.3) is 0 Å². The summed E-state index contributed by atoms with van der Waals surface area (Å²) >= 11 is 5.99. The second-order valence-corrected chi connectivity index (χ2v) is 5.43. The fraction of sp³-hybridized carbons (Fsp3) is 0.250. The van der Waals surface area contributed by atoms with Crippen molar-refractivity contribution < 1.29 is 4.39 Å². The van der Waals surface area contributed by atoms with Gasteiger partial charge in [0.1, 0.15) is 5.82 Å². The molecule has 0 atom stereocenters. The molecule has 106 valence electrons. The first-order chi connectivity index (χ1) is 9.54. The Kier molecular flexibility index (Phi) is 4.99.